The largest absolute Gasteiger partial charge is 0.357 e. The predicted octanol–water partition coefficient (Wildman–Crippen LogP) is 3.33. The molecule has 2 heterocycles. The Bertz CT molecular complexity index is 632. The van der Waals surface area contributed by atoms with E-state index in [4.69, 9.17) is 0 Å². The van der Waals surface area contributed by atoms with Gasteiger partial charge in [0.25, 0.3) is 0 Å². The van der Waals surface area contributed by atoms with Gasteiger partial charge in [-0.25, -0.2) is 4.39 Å². The molecule has 0 amide bonds. The topological polar surface area (TPSA) is 41.0 Å². The minimum atomic E-state index is -0.212. The molecular formula is C17H21FN4S. The fraction of sp³-hybridized carbons (Fsp3) is 0.412. The molecule has 1 saturated heterocycles. The number of nitrogens with zero attached hydrogens (tertiary/aromatic N) is 3. The van der Waals surface area contributed by atoms with Gasteiger partial charge in [-0.3, -0.25) is 4.90 Å². The number of aromatic nitrogens is 2. The molecule has 0 spiro atoms. The van der Waals surface area contributed by atoms with Crippen molar-refractivity contribution in [2.75, 3.05) is 25.0 Å². The molecule has 0 saturated carbocycles. The van der Waals surface area contributed by atoms with E-state index in [0.29, 0.717) is 12.5 Å². The molecule has 4 nitrogen and oxygen atoms in total. The minimum Gasteiger partial charge on any atom is -0.357 e. The lowest BCUT2D eigenvalue weighted by Gasteiger charge is -2.31. The van der Waals surface area contributed by atoms with Gasteiger partial charge in [0.1, 0.15) is 10.8 Å². The average molecular weight is 332 g/mol. The van der Waals surface area contributed by atoms with Crippen molar-refractivity contribution >= 4 is 16.5 Å². The Morgan fingerprint density at radius 1 is 1.26 bits per heavy atom. The number of halogens is 1. The second-order valence-electron chi connectivity index (χ2n) is 5.81. The molecule has 2 aromatic rings. The van der Waals surface area contributed by atoms with E-state index >= 15 is 0 Å². The zero-order valence-electron chi connectivity index (χ0n) is 13.0. The van der Waals surface area contributed by atoms with Crippen LogP contribution in [0.25, 0.3) is 0 Å². The van der Waals surface area contributed by atoms with Crippen LogP contribution in [0.3, 0.4) is 0 Å². The average Bonchev–Trinajstić information content (AvgIpc) is 2.99. The minimum absolute atomic E-state index is 0.212. The van der Waals surface area contributed by atoms with Gasteiger partial charge >= 0.3 is 0 Å². The maximum atomic E-state index is 12.9. The summed E-state index contributed by atoms with van der Waals surface area (Å²) in [6.07, 6.45) is 4.87. The molecule has 0 unspecified atom stereocenters. The highest BCUT2D eigenvalue weighted by molar-refractivity contribution is 7.15. The summed E-state index contributed by atoms with van der Waals surface area (Å²) in [5.41, 5.74) is 1.05. The van der Waals surface area contributed by atoms with Crippen LogP contribution < -0.4 is 5.32 Å². The Labute approximate surface area is 140 Å². The molecule has 0 radical (unpaired) electrons. The first kappa shape index (κ1) is 16.1. The number of anilines is 1. The number of hydrogen-bond donors (Lipinski definition) is 1. The van der Waals surface area contributed by atoms with Gasteiger partial charge in [0.15, 0.2) is 0 Å². The normalized spacial score (nSPS) is 16.4. The molecular weight excluding hydrogens is 311 g/mol. The van der Waals surface area contributed by atoms with Crippen molar-refractivity contribution in [2.45, 2.75) is 25.3 Å². The number of rotatable bonds is 6. The van der Waals surface area contributed by atoms with Crippen molar-refractivity contribution in [2.24, 2.45) is 0 Å². The summed E-state index contributed by atoms with van der Waals surface area (Å²) in [6.45, 7) is 6.93. The number of hydrogen-bond acceptors (Lipinski definition) is 5. The zero-order chi connectivity index (χ0) is 16.1. The van der Waals surface area contributed by atoms with Crippen molar-refractivity contribution < 1.29 is 4.39 Å². The van der Waals surface area contributed by atoms with Gasteiger partial charge in [-0.05, 0) is 30.5 Å². The summed E-state index contributed by atoms with van der Waals surface area (Å²) in [5, 5.41) is 13.8. The summed E-state index contributed by atoms with van der Waals surface area (Å²) in [6, 6.07) is 7.00. The summed E-state index contributed by atoms with van der Waals surface area (Å²) < 4.78 is 12.9. The monoisotopic (exact) mass is 332 g/mol. The third-order valence-electron chi connectivity index (χ3n) is 4.04. The first-order valence-electron chi connectivity index (χ1n) is 7.89. The Morgan fingerprint density at radius 2 is 2.00 bits per heavy atom. The lowest BCUT2D eigenvalue weighted by Crippen LogP contribution is -2.39. The maximum Gasteiger partial charge on any atom is 0.205 e. The predicted molar refractivity (Wildman–Crippen MR) is 92.4 cm³/mol. The molecule has 0 aliphatic carbocycles. The number of piperidine rings is 1. The van der Waals surface area contributed by atoms with E-state index in [0.717, 1.165) is 48.2 Å². The molecule has 1 fully saturated rings. The number of likely N-dealkylation sites (tertiary alicyclic amines) is 1. The lowest BCUT2D eigenvalue weighted by atomic mass is 10.1. The van der Waals surface area contributed by atoms with E-state index < -0.39 is 0 Å². The van der Waals surface area contributed by atoms with Crippen molar-refractivity contribution in [1.29, 1.82) is 0 Å². The fourth-order valence-corrected chi connectivity index (χ4v) is 3.63. The molecule has 0 atom stereocenters. The fourth-order valence-electron chi connectivity index (χ4n) is 2.78. The molecule has 1 aromatic heterocycles. The summed E-state index contributed by atoms with van der Waals surface area (Å²) in [5.74, 6) is -0.212. The van der Waals surface area contributed by atoms with Gasteiger partial charge in [0, 0.05) is 32.1 Å². The van der Waals surface area contributed by atoms with E-state index in [1.54, 1.807) is 23.5 Å². The Kier molecular flexibility index (Phi) is 5.35. The Morgan fingerprint density at radius 3 is 2.70 bits per heavy atom. The van der Waals surface area contributed by atoms with Crippen LogP contribution in [0, 0.1) is 5.82 Å². The highest BCUT2D eigenvalue weighted by Crippen LogP contribution is 2.22. The van der Waals surface area contributed by atoms with Gasteiger partial charge in [-0.15, -0.1) is 16.8 Å². The smallest absolute Gasteiger partial charge is 0.205 e. The Hall–Kier alpha value is -1.79. The van der Waals surface area contributed by atoms with Crippen LogP contribution in [0.1, 0.15) is 23.4 Å². The van der Waals surface area contributed by atoms with Crippen molar-refractivity contribution in [3.8, 4) is 0 Å². The summed E-state index contributed by atoms with van der Waals surface area (Å²) >= 11 is 1.58. The van der Waals surface area contributed by atoms with Crippen LogP contribution in [-0.4, -0.2) is 40.8 Å². The Balaban J connectivity index is 1.51. The lowest BCUT2D eigenvalue weighted by molar-refractivity contribution is 0.240. The second kappa shape index (κ2) is 7.66. The van der Waals surface area contributed by atoms with Crippen molar-refractivity contribution in [3.05, 3.63) is 53.3 Å². The highest BCUT2D eigenvalue weighted by atomic mass is 32.1. The number of benzene rings is 1. The van der Waals surface area contributed by atoms with Crippen LogP contribution in [0.15, 0.2) is 36.9 Å². The molecule has 1 aromatic carbocycles. The maximum absolute atomic E-state index is 12.9. The highest BCUT2D eigenvalue weighted by Gasteiger charge is 2.19. The van der Waals surface area contributed by atoms with Gasteiger partial charge in [0.2, 0.25) is 5.13 Å². The quantitative estimate of drug-likeness (QED) is 0.824. The van der Waals surface area contributed by atoms with Gasteiger partial charge < -0.3 is 5.32 Å². The summed E-state index contributed by atoms with van der Waals surface area (Å²) in [4.78, 5) is 2.41. The third-order valence-corrected chi connectivity index (χ3v) is 4.89. The first-order valence-corrected chi connectivity index (χ1v) is 8.71. The van der Waals surface area contributed by atoms with Crippen molar-refractivity contribution in [3.63, 3.8) is 0 Å². The van der Waals surface area contributed by atoms with Crippen LogP contribution in [0.5, 0.6) is 0 Å². The van der Waals surface area contributed by atoms with E-state index in [1.165, 1.54) is 12.1 Å². The number of nitrogens with one attached hydrogen (secondary N) is 1. The molecule has 1 N–H and O–H groups in total. The third kappa shape index (κ3) is 4.59. The first-order chi connectivity index (χ1) is 11.2. The van der Waals surface area contributed by atoms with Crippen LogP contribution in [-0.2, 0) is 6.42 Å². The SMILES string of the molecule is C=CCN1CCC(Nc2nnc(Cc3ccc(F)cc3)s2)CC1. The zero-order valence-corrected chi connectivity index (χ0v) is 13.9. The van der Waals surface area contributed by atoms with E-state index in [9.17, 15) is 4.39 Å². The molecule has 0 bridgehead atoms. The summed E-state index contributed by atoms with van der Waals surface area (Å²) in [7, 11) is 0. The molecule has 6 heteroatoms. The molecule has 1 aliphatic heterocycles. The van der Waals surface area contributed by atoms with E-state index in [2.05, 4.69) is 27.0 Å². The van der Waals surface area contributed by atoms with Crippen LogP contribution in [0.2, 0.25) is 0 Å². The van der Waals surface area contributed by atoms with E-state index in [1.807, 2.05) is 6.08 Å². The molecule has 122 valence electrons. The van der Waals surface area contributed by atoms with Crippen LogP contribution >= 0.6 is 11.3 Å². The van der Waals surface area contributed by atoms with E-state index in [-0.39, 0.29) is 5.82 Å². The van der Waals surface area contributed by atoms with Gasteiger partial charge in [-0.1, -0.05) is 29.5 Å². The second-order valence-corrected chi connectivity index (χ2v) is 6.87. The molecule has 1 aliphatic rings. The van der Waals surface area contributed by atoms with Crippen molar-refractivity contribution in [1.82, 2.24) is 15.1 Å². The van der Waals surface area contributed by atoms with Gasteiger partial charge in [0.05, 0.1) is 0 Å². The standard InChI is InChI=1S/C17H21FN4S/c1-2-9-22-10-7-15(8-11-22)19-17-21-20-16(23-17)12-13-3-5-14(18)6-4-13/h2-6,15H,1,7-12H2,(H,19,21). The van der Waals surface area contributed by atoms with Gasteiger partial charge in [-0.2, -0.15) is 0 Å². The molecule has 3 rings (SSSR count). The molecule has 23 heavy (non-hydrogen) atoms. The van der Waals surface area contributed by atoms with Crippen LogP contribution in [0.4, 0.5) is 9.52 Å².